The van der Waals surface area contributed by atoms with E-state index in [4.69, 9.17) is 11.6 Å². The van der Waals surface area contributed by atoms with Crippen LogP contribution in [0.1, 0.15) is 25.7 Å². The third-order valence-electron chi connectivity index (χ3n) is 2.79. The van der Waals surface area contributed by atoms with Crippen molar-refractivity contribution in [2.75, 3.05) is 5.75 Å². The van der Waals surface area contributed by atoms with Gasteiger partial charge in [0.05, 0.1) is 5.75 Å². The van der Waals surface area contributed by atoms with E-state index in [1.807, 2.05) is 44.2 Å². The van der Waals surface area contributed by atoms with Gasteiger partial charge >= 0.3 is 0 Å². The van der Waals surface area contributed by atoms with Crippen LogP contribution in [0, 0.1) is 13.8 Å². The van der Waals surface area contributed by atoms with Gasteiger partial charge in [-0.05, 0) is 31.5 Å². The van der Waals surface area contributed by atoms with Crippen molar-refractivity contribution in [3.8, 4) is 0 Å². The van der Waals surface area contributed by atoms with E-state index < -0.39 is 0 Å². The SMILES string of the molecule is Cc1cc(C(=O)CSCc2ccccc2Cl)c(C)s1. The Bertz CT molecular complexity index is 590. The molecule has 19 heavy (non-hydrogen) atoms. The van der Waals surface area contributed by atoms with Crippen LogP contribution in [0.5, 0.6) is 0 Å². The first kappa shape index (κ1) is 14.6. The molecule has 0 fully saturated rings. The Morgan fingerprint density at radius 2 is 2.05 bits per heavy atom. The monoisotopic (exact) mass is 310 g/mol. The van der Waals surface area contributed by atoms with Gasteiger partial charge in [-0.1, -0.05) is 29.8 Å². The molecule has 1 aromatic heterocycles. The Morgan fingerprint density at radius 1 is 1.32 bits per heavy atom. The van der Waals surface area contributed by atoms with Crippen LogP contribution in [-0.4, -0.2) is 11.5 Å². The van der Waals surface area contributed by atoms with Crippen LogP contribution >= 0.6 is 34.7 Å². The van der Waals surface area contributed by atoms with E-state index in [2.05, 4.69) is 0 Å². The summed E-state index contributed by atoms with van der Waals surface area (Å²) in [6.45, 7) is 4.04. The maximum Gasteiger partial charge on any atom is 0.173 e. The molecule has 100 valence electrons. The maximum atomic E-state index is 12.1. The van der Waals surface area contributed by atoms with E-state index in [0.29, 0.717) is 5.75 Å². The van der Waals surface area contributed by atoms with E-state index in [1.54, 1.807) is 23.1 Å². The number of benzene rings is 1. The Balaban J connectivity index is 1.91. The highest BCUT2D eigenvalue weighted by atomic mass is 35.5. The predicted molar refractivity (Wildman–Crippen MR) is 85.7 cm³/mol. The molecule has 0 saturated heterocycles. The second kappa shape index (κ2) is 6.60. The van der Waals surface area contributed by atoms with Gasteiger partial charge in [0.25, 0.3) is 0 Å². The van der Waals surface area contributed by atoms with Crippen molar-refractivity contribution in [3.63, 3.8) is 0 Å². The lowest BCUT2D eigenvalue weighted by molar-refractivity contribution is 0.102. The van der Waals surface area contributed by atoms with Crippen LogP contribution in [0.25, 0.3) is 0 Å². The predicted octanol–water partition coefficient (Wildman–Crippen LogP) is 5.13. The fourth-order valence-corrected chi connectivity index (χ4v) is 3.99. The van der Waals surface area contributed by atoms with Crippen molar-refractivity contribution in [2.45, 2.75) is 19.6 Å². The molecular formula is C15H15ClOS2. The van der Waals surface area contributed by atoms with Crippen molar-refractivity contribution in [1.29, 1.82) is 0 Å². The molecule has 0 saturated carbocycles. The zero-order valence-electron chi connectivity index (χ0n) is 10.9. The Labute approximate surface area is 127 Å². The van der Waals surface area contributed by atoms with Gasteiger partial charge in [0.2, 0.25) is 0 Å². The number of halogens is 1. The quantitative estimate of drug-likeness (QED) is 0.712. The highest BCUT2D eigenvalue weighted by Gasteiger charge is 2.12. The molecular weight excluding hydrogens is 296 g/mol. The molecule has 1 nitrogen and oxygen atoms in total. The first-order chi connectivity index (χ1) is 9.08. The number of thioether (sulfide) groups is 1. The van der Waals surface area contributed by atoms with Crippen LogP contribution < -0.4 is 0 Å². The third-order valence-corrected chi connectivity index (χ3v) is 5.11. The molecule has 0 amide bonds. The fourth-order valence-electron chi connectivity index (χ4n) is 1.85. The second-order valence-corrected chi connectivity index (χ2v) is 7.19. The first-order valence-electron chi connectivity index (χ1n) is 5.99. The van der Waals surface area contributed by atoms with E-state index in [1.165, 1.54) is 4.88 Å². The molecule has 0 radical (unpaired) electrons. The van der Waals surface area contributed by atoms with Crippen molar-refractivity contribution in [2.24, 2.45) is 0 Å². The standard InChI is InChI=1S/C15H15ClOS2/c1-10-7-13(11(2)19-10)15(17)9-18-8-12-5-3-4-6-14(12)16/h3-7H,8-9H2,1-2H3. The zero-order chi connectivity index (χ0) is 13.8. The number of aryl methyl sites for hydroxylation is 2. The van der Waals surface area contributed by atoms with Crippen LogP contribution in [0.15, 0.2) is 30.3 Å². The molecule has 0 aliphatic carbocycles. The first-order valence-corrected chi connectivity index (χ1v) is 8.34. The smallest absolute Gasteiger partial charge is 0.173 e. The van der Waals surface area contributed by atoms with Gasteiger partial charge in [-0.3, -0.25) is 4.79 Å². The Morgan fingerprint density at radius 3 is 2.68 bits per heavy atom. The molecule has 0 bridgehead atoms. The van der Waals surface area contributed by atoms with E-state index >= 15 is 0 Å². The molecule has 4 heteroatoms. The van der Waals surface area contributed by atoms with Crippen molar-refractivity contribution in [1.82, 2.24) is 0 Å². The molecule has 0 atom stereocenters. The lowest BCUT2D eigenvalue weighted by Crippen LogP contribution is -2.02. The number of carbonyl (C=O) groups is 1. The van der Waals surface area contributed by atoms with Crippen molar-refractivity contribution >= 4 is 40.5 Å². The molecule has 0 aliphatic rings. The summed E-state index contributed by atoms with van der Waals surface area (Å²) in [5, 5.41) is 0.769. The van der Waals surface area contributed by atoms with E-state index in [-0.39, 0.29) is 5.78 Å². The van der Waals surface area contributed by atoms with Crippen LogP contribution in [0.2, 0.25) is 5.02 Å². The molecule has 0 unspecified atom stereocenters. The largest absolute Gasteiger partial charge is 0.293 e. The minimum absolute atomic E-state index is 0.207. The average molecular weight is 311 g/mol. The zero-order valence-corrected chi connectivity index (χ0v) is 13.3. The van der Waals surface area contributed by atoms with Gasteiger partial charge in [0.1, 0.15) is 0 Å². The molecule has 0 N–H and O–H groups in total. The number of carbonyl (C=O) groups excluding carboxylic acids is 1. The van der Waals surface area contributed by atoms with Gasteiger partial charge in [0.15, 0.2) is 5.78 Å². The van der Waals surface area contributed by atoms with Gasteiger partial charge in [-0.25, -0.2) is 0 Å². The Kier molecular flexibility index (Phi) is 5.08. The number of thiophene rings is 1. The van der Waals surface area contributed by atoms with Gasteiger partial charge < -0.3 is 0 Å². The summed E-state index contributed by atoms with van der Waals surface area (Å²) >= 11 is 9.38. The summed E-state index contributed by atoms with van der Waals surface area (Å²) in [5.74, 6) is 1.48. The highest BCUT2D eigenvalue weighted by molar-refractivity contribution is 7.99. The number of ketones is 1. The molecule has 2 aromatic rings. The number of Topliss-reactive ketones (excluding diaryl/α,β-unsaturated/α-hetero) is 1. The van der Waals surface area contributed by atoms with Crippen LogP contribution in [-0.2, 0) is 5.75 Å². The highest BCUT2D eigenvalue weighted by Crippen LogP contribution is 2.24. The summed E-state index contributed by atoms with van der Waals surface area (Å²) in [7, 11) is 0. The number of hydrogen-bond donors (Lipinski definition) is 0. The molecule has 1 heterocycles. The number of rotatable bonds is 5. The maximum absolute atomic E-state index is 12.1. The molecule has 0 aliphatic heterocycles. The minimum atomic E-state index is 0.207. The summed E-state index contributed by atoms with van der Waals surface area (Å²) in [6, 6.07) is 9.75. The molecule has 0 spiro atoms. The Hall–Kier alpha value is -0.770. The average Bonchev–Trinajstić information content (AvgIpc) is 2.71. The summed E-state index contributed by atoms with van der Waals surface area (Å²) < 4.78 is 0. The van der Waals surface area contributed by atoms with E-state index in [9.17, 15) is 4.79 Å². The topological polar surface area (TPSA) is 17.1 Å². The van der Waals surface area contributed by atoms with Gasteiger partial charge in [0, 0.05) is 26.1 Å². The fraction of sp³-hybridized carbons (Fsp3) is 0.267. The van der Waals surface area contributed by atoms with Gasteiger partial charge in [-0.2, -0.15) is 0 Å². The lowest BCUT2D eigenvalue weighted by Gasteiger charge is -2.03. The van der Waals surface area contributed by atoms with Crippen molar-refractivity contribution in [3.05, 3.63) is 56.2 Å². The van der Waals surface area contributed by atoms with Crippen LogP contribution in [0.3, 0.4) is 0 Å². The third kappa shape index (κ3) is 3.85. The normalized spacial score (nSPS) is 10.7. The second-order valence-electron chi connectivity index (χ2n) is 4.33. The summed E-state index contributed by atoms with van der Waals surface area (Å²) in [4.78, 5) is 14.4. The molecule has 2 rings (SSSR count). The van der Waals surface area contributed by atoms with Crippen LogP contribution in [0.4, 0.5) is 0 Å². The summed E-state index contributed by atoms with van der Waals surface area (Å²) in [6.07, 6.45) is 0. The van der Waals surface area contributed by atoms with Crippen molar-refractivity contribution < 1.29 is 4.79 Å². The van der Waals surface area contributed by atoms with E-state index in [0.717, 1.165) is 26.8 Å². The lowest BCUT2D eigenvalue weighted by atomic mass is 10.2. The van der Waals surface area contributed by atoms with Gasteiger partial charge in [-0.15, -0.1) is 23.1 Å². The molecule has 1 aromatic carbocycles. The number of hydrogen-bond acceptors (Lipinski definition) is 3. The summed E-state index contributed by atoms with van der Waals surface area (Å²) in [5.41, 5.74) is 1.95. The minimum Gasteiger partial charge on any atom is -0.293 e.